The van der Waals surface area contributed by atoms with Crippen molar-refractivity contribution in [3.05, 3.63) is 71.0 Å². The molecule has 0 radical (unpaired) electrons. The molecule has 164 valence electrons. The van der Waals surface area contributed by atoms with Crippen molar-refractivity contribution in [3.63, 3.8) is 0 Å². The van der Waals surface area contributed by atoms with Gasteiger partial charge in [-0.15, -0.1) is 11.8 Å². The smallest absolute Gasteiger partial charge is 0.416 e. The minimum absolute atomic E-state index is 0.00230. The molecule has 0 aliphatic heterocycles. The van der Waals surface area contributed by atoms with Crippen molar-refractivity contribution in [1.82, 2.24) is 15.1 Å². The zero-order valence-corrected chi connectivity index (χ0v) is 18.1. The van der Waals surface area contributed by atoms with Crippen LogP contribution in [0.1, 0.15) is 22.5 Å². The molecule has 5 nitrogen and oxygen atoms in total. The largest absolute Gasteiger partial charge is 0.497 e. The monoisotopic (exact) mass is 449 g/mol. The zero-order valence-electron chi connectivity index (χ0n) is 17.3. The Kier molecular flexibility index (Phi) is 6.94. The molecular formula is C22H22F3N3O2S. The van der Waals surface area contributed by atoms with Crippen LogP contribution >= 0.6 is 11.8 Å². The maximum atomic E-state index is 13.7. The van der Waals surface area contributed by atoms with Gasteiger partial charge in [-0.3, -0.25) is 4.79 Å². The number of ether oxygens (including phenoxy) is 1. The number of aryl methyl sites for hydroxylation is 2. The van der Waals surface area contributed by atoms with E-state index < -0.39 is 11.7 Å². The third kappa shape index (κ3) is 5.81. The molecule has 2 aromatic carbocycles. The van der Waals surface area contributed by atoms with Gasteiger partial charge in [-0.2, -0.15) is 18.3 Å². The molecule has 9 heteroatoms. The van der Waals surface area contributed by atoms with Crippen molar-refractivity contribution in [2.45, 2.75) is 31.5 Å². The fraction of sp³-hybridized carbons (Fsp3) is 0.273. The Hall–Kier alpha value is -2.94. The third-order valence-electron chi connectivity index (χ3n) is 4.54. The first-order valence-corrected chi connectivity index (χ1v) is 10.4. The predicted octanol–water partition coefficient (Wildman–Crippen LogP) is 4.93. The number of carbonyl (C=O) groups excluding carboxylic acids is 1. The lowest BCUT2D eigenvalue weighted by Gasteiger charge is -2.16. The summed E-state index contributed by atoms with van der Waals surface area (Å²) >= 11 is 1.28. The number of hydrogen-bond donors (Lipinski definition) is 1. The van der Waals surface area contributed by atoms with Crippen molar-refractivity contribution in [2.75, 3.05) is 12.9 Å². The molecule has 31 heavy (non-hydrogen) atoms. The number of carbonyl (C=O) groups is 1. The number of nitrogens with zero attached hydrogens (tertiary/aromatic N) is 2. The first-order valence-electron chi connectivity index (χ1n) is 9.44. The van der Waals surface area contributed by atoms with Crippen molar-refractivity contribution in [3.8, 4) is 11.4 Å². The molecule has 0 saturated carbocycles. The molecule has 1 N–H and O–H groups in total. The Morgan fingerprint density at radius 2 is 1.94 bits per heavy atom. The molecule has 1 amide bonds. The number of alkyl halides is 3. The van der Waals surface area contributed by atoms with Crippen molar-refractivity contribution in [2.24, 2.45) is 0 Å². The standard InChI is InChI=1S/C22H22F3N3O2S/c1-14-9-15(2)28(27-14)17-8-7-16(20(10-17)22(23,24)25)12-26-21(29)13-31-19-6-4-5-18(11-19)30-3/h4-11H,12-13H2,1-3H3,(H,26,29). The molecule has 1 heterocycles. The number of methoxy groups -OCH3 is 1. The minimum atomic E-state index is -4.55. The zero-order chi connectivity index (χ0) is 22.6. The molecule has 0 bridgehead atoms. The Morgan fingerprint density at radius 3 is 2.58 bits per heavy atom. The second-order valence-electron chi connectivity index (χ2n) is 6.92. The van der Waals surface area contributed by atoms with Crippen LogP contribution in [0, 0.1) is 13.8 Å². The van der Waals surface area contributed by atoms with Gasteiger partial charge in [0.05, 0.1) is 29.8 Å². The molecule has 1 aromatic heterocycles. The molecule has 0 aliphatic rings. The highest BCUT2D eigenvalue weighted by Gasteiger charge is 2.34. The van der Waals surface area contributed by atoms with E-state index in [2.05, 4.69) is 10.4 Å². The van der Waals surface area contributed by atoms with Gasteiger partial charge in [0, 0.05) is 17.1 Å². The first-order chi connectivity index (χ1) is 14.7. The molecule has 3 rings (SSSR count). The maximum Gasteiger partial charge on any atom is 0.416 e. The normalized spacial score (nSPS) is 11.4. The Labute approximate surface area is 182 Å². The van der Waals surface area contributed by atoms with Crippen LogP contribution in [-0.2, 0) is 17.5 Å². The van der Waals surface area contributed by atoms with E-state index in [4.69, 9.17) is 4.74 Å². The van der Waals surface area contributed by atoms with E-state index in [9.17, 15) is 18.0 Å². The highest BCUT2D eigenvalue weighted by atomic mass is 32.2. The molecular weight excluding hydrogens is 427 g/mol. The minimum Gasteiger partial charge on any atom is -0.497 e. The van der Waals surface area contributed by atoms with E-state index in [-0.39, 0.29) is 23.8 Å². The Bertz CT molecular complexity index is 1080. The van der Waals surface area contributed by atoms with Crippen LogP contribution in [0.5, 0.6) is 5.75 Å². The van der Waals surface area contributed by atoms with Crippen LogP contribution in [0.2, 0.25) is 0 Å². The fourth-order valence-corrected chi connectivity index (χ4v) is 3.86. The highest BCUT2D eigenvalue weighted by Crippen LogP contribution is 2.33. The van der Waals surface area contributed by atoms with Crippen LogP contribution in [0.25, 0.3) is 5.69 Å². The lowest BCUT2D eigenvalue weighted by atomic mass is 10.1. The van der Waals surface area contributed by atoms with Gasteiger partial charge in [-0.1, -0.05) is 12.1 Å². The summed E-state index contributed by atoms with van der Waals surface area (Å²) in [4.78, 5) is 13.0. The number of thioether (sulfide) groups is 1. The number of rotatable bonds is 7. The number of benzene rings is 2. The molecule has 0 fully saturated rings. The van der Waals surface area contributed by atoms with Crippen LogP contribution in [-0.4, -0.2) is 28.6 Å². The lowest BCUT2D eigenvalue weighted by molar-refractivity contribution is -0.138. The van der Waals surface area contributed by atoms with Gasteiger partial charge in [-0.25, -0.2) is 4.68 Å². The predicted molar refractivity (Wildman–Crippen MR) is 114 cm³/mol. The quantitative estimate of drug-likeness (QED) is 0.520. The molecule has 0 atom stereocenters. The molecule has 0 aliphatic carbocycles. The van der Waals surface area contributed by atoms with Gasteiger partial charge >= 0.3 is 6.18 Å². The average molecular weight is 449 g/mol. The Morgan fingerprint density at radius 1 is 1.16 bits per heavy atom. The van der Waals surface area contributed by atoms with E-state index in [0.29, 0.717) is 11.4 Å². The van der Waals surface area contributed by atoms with E-state index in [0.717, 1.165) is 22.3 Å². The summed E-state index contributed by atoms with van der Waals surface area (Å²) < 4.78 is 47.6. The SMILES string of the molecule is COc1cccc(SCC(=O)NCc2ccc(-n3nc(C)cc3C)cc2C(F)(F)F)c1. The van der Waals surface area contributed by atoms with E-state index in [1.165, 1.54) is 22.5 Å². The van der Waals surface area contributed by atoms with Gasteiger partial charge in [0.2, 0.25) is 5.91 Å². The first kappa shape index (κ1) is 22.7. The van der Waals surface area contributed by atoms with Crippen molar-refractivity contribution in [1.29, 1.82) is 0 Å². The second kappa shape index (κ2) is 9.47. The third-order valence-corrected chi connectivity index (χ3v) is 5.53. The number of nitrogens with one attached hydrogen (secondary N) is 1. The average Bonchev–Trinajstić information content (AvgIpc) is 3.08. The topological polar surface area (TPSA) is 56.1 Å². The maximum absolute atomic E-state index is 13.7. The van der Waals surface area contributed by atoms with Gasteiger partial charge < -0.3 is 10.1 Å². The molecule has 0 unspecified atom stereocenters. The molecule has 0 saturated heterocycles. The van der Waals surface area contributed by atoms with Crippen LogP contribution < -0.4 is 10.1 Å². The number of hydrogen-bond acceptors (Lipinski definition) is 4. The van der Waals surface area contributed by atoms with Crippen molar-refractivity contribution < 1.29 is 22.7 Å². The number of amides is 1. The van der Waals surface area contributed by atoms with Gasteiger partial charge in [-0.05, 0) is 55.8 Å². The summed E-state index contributed by atoms with van der Waals surface area (Å²) in [7, 11) is 1.55. The van der Waals surface area contributed by atoms with Gasteiger partial charge in [0.25, 0.3) is 0 Å². The summed E-state index contributed by atoms with van der Waals surface area (Å²) in [5.41, 5.74) is 0.981. The van der Waals surface area contributed by atoms with Gasteiger partial charge in [0.15, 0.2) is 0 Å². The van der Waals surface area contributed by atoms with Gasteiger partial charge in [0.1, 0.15) is 5.75 Å². The van der Waals surface area contributed by atoms with E-state index in [1.807, 2.05) is 6.07 Å². The molecule has 0 spiro atoms. The highest BCUT2D eigenvalue weighted by molar-refractivity contribution is 8.00. The summed E-state index contributed by atoms with van der Waals surface area (Å²) in [6.07, 6.45) is -4.55. The summed E-state index contributed by atoms with van der Waals surface area (Å²) in [5, 5.41) is 6.81. The van der Waals surface area contributed by atoms with E-state index in [1.54, 1.807) is 51.3 Å². The van der Waals surface area contributed by atoms with Crippen molar-refractivity contribution >= 4 is 17.7 Å². The Balaban J connectivity index is 1.70. The summed E-state index contributed by atoms with van der Waals surface area (Å²) in [6.45, 7) is 3.34. The summed E-state index contributed by atoms with van der Waals surface area (Å²) in [6, 6.07) is 13.0. The fourth-order valence-electron chi connectivity index (χ4n) is 3.09. The van der Waals surface area contributed by atoms with Crippen LogP contribution in [0.4, 0.5) is 13.2 Å². The van der Waals surface area contributed by atoms with Crippen LogP contribution in [0.3, 0.4) is 0 Å². The number of halogens is 3. The second-order valence-corrected chi connectivity index (χ2v) is 7.97. The molecule has 3 aromatic rings. The lowest BCUT2D eigenvalue weighted by Crippen LogP contribution is -2.26. The number of aromatic nitrogens is 2. The van der Waals surface area contributed by atoms with E-state index >= 15 is 0 Å². The summed E-state index contributed by atoms with van der Waals surface area (Å²) in [5.74, 6) is 0.393. The van der Waals surface area contributed by atoms with Crippen LogP contribution in [0.15, 0.2) is 53.4 Å².